The highest BCUT2D eigenvalue weighted by Crippen LogP contribution is 2.67. The fourth-order valence-corrected chi connectivity index (χ4v) is 9.84. The van der Waals surface area contributed by atoms with Crippen LogP contribution in [0.25, 0.3) is 0 Å². The van der Waals surface area contributed by atoms with E-state index in [1.54, 1.807) is 12.1 Å². The molecule has 33 heavy (non-hydrogen) atoms. The minimum Gasteiger partial charge on any atom is -0.308 e. The molecule has 1 aliphatic heterocycles. The highest BCUT2D eigenvalue weighted by atomic mass is 19.1. The molecule has 7 atom stereocenters. The lowest BCUT2D eigenvalue weighted by Gasteiger charge is -2.60. The smallest absolute Gasteiger partial charge is 0.227 e. The quantitative estimate of drug-likeness (QED) is 0.456. The largest absolute Gasteiger partial charge is 0.308 e. The second-order valence-electron chi connectivity index (χ2n) is 12.9. The van der Waals surface area contributed by atoms with Crippen molar-refractivity contribution in [3.63, 3.8) is 0 Å². The van der Waals surface area contributed by atoms with Crippen LogP contribution in [0.1, 0.15) is 103 Å². The van der Waals surface area contributed by atoms with Crippen LogP contribution < -0.4 is 4.90 Å². The normalized spacial score (nSPS) is 41.4. The molecule has 6 rings (SSSR count). The zero-order chi connectivity index (χ0) is 22.8. The Bertz CT molecular complexity index is 928. The SMILES string of the molecule is CC12CCCCC1CCC1C2CCC2(C)C(CCCC(=O)N3Cc4cc(F)ccc43)CCC12. The molecule has 0 aromatic heterocycles. The standard InChI is InChI=1S/C30H42FNO/c1-29-16-4-3-6-21(29)9-12-24-25-13-10-22(30(25,2)17-15-26(24)29)7-5-8-28(33)32-19-20-18-23(31)11-14-27(20)32/h11,14,18,21-22,24-26H,3-10,12-13,15-17,19H2,1-2H3. The molecule has 3 heteroatoms. The predicted octanol–water partition coefficient (Wildman–Crippen LogP) is 7.89. The first-order chi connectivity index (χ1) is 15.9. The molecule has 0 radical (unpaired) electrons. The molecule has 0 N–H and O–H groups in total. The fraction of sp³-hybridized carbons (Fsp3) is 0.767. The van der Waals surface area contributed by atoms with E-state index in [2.05, 4.69) is 13.8 Å². The summed E-state index contributed by atoms with van der Waals surface area (Å²) < 4.78 is 13.4. The van der Waals surface area contributed by atoms with E-state index in [4.69, 9.17) is 0 Å². The van der Waals surface area contributed by atoms with Gasteiger partial charge in [0.2, 0.25) is 5.91 Å². The van der Waals surface area contributed by atoms with E-state index >= 15 is 0 Å². The Kier molecular flexibility index (Phi) is 5.42. The Balaban J connectivity index is 1.07. The van der Waals surface area contributed by atoms with Gasteiger partial charge in [0.1, 0.15) is 5.82 Å². The maximum atomic E-state index is 13.4. The van der Waals surface area contributed by atoms with E-state index < -0.39 is 0 Å². The maximum Gasteiger partial charge on any atom is 0.227 e. The van der Waals surface area contributed by atoms with Crippen molar-refractivity contribution in [3.8, 4) is 0 Å². The van der Waals surface area contributed by atoms with Crippen LogP contribution in [0, 0.1) is 46.2 Å². The van der Waals surface area contributed by atoms with Gasteiger partial charge < -0.3 is 4.90 Å². The van der Waals surface area contributed by atoms with Gasteiger partial charge in [0.05, 0.1) is 6.54 Å². The lowest BCUT2D eigenvalue weighted by atomic mass is 9.45. The van der Waals surface area contributed by atoms with Gasteiger partial charge in [-0.3, -0.25) is 4.79 Å². The van der Waals surface area contributed by atoms with Gasteiger partial charge in [-0.05, 0) is 128 Å². The lowest BCUT2D eigenvalue weighted by molar-refractivity contribution is -0.119. The molecule has 180 valence electrons. The van der Waals surface area contributed by atoms with Gasteiger partial charge in [-0.2, -0.15) is 0 Å². The molecule has 1 heterocycles. The first-order valence-electron chi connectivity index (χ1n) is 14.0. The highest BCUT2D eigenvalue weighted by molar-refractivity contribution is 5.97. The molecule has 1 amide bonds. The molecular weight excluding hydrogens is 409 g/mol. The summed E-state index contributed by atoms with van der Waals surface area (Å²) in [5.74, 6) is 4.69. The van der Waals surface area contributed by atoms with Gasteiger partial charge in [-0.15, -0.1) is 0 Å². The molecule has 4 saturated carbocycles. The molecule has 0 saturated heterocycles. The van der Waals surface area contributed by atoms with Crippen molar-refractivity contribution in [2.75, 3.05) is 4.90 Å². The van der Waals surface area contributed by atoms with Crippen LogP contribution in [0.4, 0.5) is 10.1 Å². The molecule has 4 aliphatic carbocycles. The molecule has 5 aliphatic rings. The van der Waals surface area contributed by atoms with E-state index in [0.29, 0.717) is 23.8 Å². The van der Waals surface area contributed by atoms with Crippen molar-refractivity contribution in [3.05, 3.63) is 29.6 Å². The molecule has 0 spiro atoms. The number of rotatable bonds is 4. The van der Waals surface area contributed by atoms with E-state index in [0.717, 1.165) is 47.3 Å². The molecule has 1 aromatic carbocycles. The van der Waals surface area contributed by atoms with E-state index in [9.17, 15) is 9.18 Å². The van der Waals surface area contributed by atoms with Crippen molar-refractivity contribution in [1.82, 2.24) is 0 Å². The van der Waals surface area contributed by atoms with Crippen LogP contribution in [-0.2, 0) is 11.3 Å². The summed E-state index contributed by atoms with van der Waals surface area (Å²) in [7, 11) is 0. The zero-order valence-electron chi connectivity index (χ0n) is 20.8. The van der Waals surface area contributed by atoms with Crippen molar-refractivity contribution in [1.29, 1.82) is 0 Å². The number of carbonyl (C=O) groups is 1. The predicted molar refractivity (Wildman–Crippen MR) is 131 cm³/mol. The van der Waals surface area contributed by atoms with Crippen molar-refractivity contribution >= 4 is 11.6 Å². The van der Waals surface area contributed by atoms with Crippen LogP contribution in [0.15, 0.2) is 18.2 Å². The average Bonchev–Trinajstić information content (AvgIpc) is 3.11. The number of fused-ring (bicyclic) bond motifs is 6. The van der Waals surface area contributed by atoms with E-state index in [1.165, 1.54) is 76.7 Å². The molecular formula is C30H42FNO. The second kappa shape index (κ2) is 8.09. The van der Waals surface area contributed by atoms with Crippen LogP contribution in [0.3, 0.4) is 0 Å². The van der Waals surface area contributed by atoms with Crippen LogP contribution >= 0.6 is 0 Å². The van der Waals surface area contributed by atoms with Gasteiger partial charge in [-0.25, -0.2) is 4.39 Å². The maximum absolute atomic E-state index is 13.4. The van der Waals surface area contributed by atoms with Gasteiger partial charge in [0, 0.05) is 12.1 Å². The molecule has 1 aromatic rings. The summed E-state index contributed by atoms with van der Waals surface area (Å²) in [5.41, 5.74) is 3.01. The Morgan fingerprint density at radius 2 is 1.85 bits per heavy atom. The fourth-order valence-electron chi connectivity index (χ4n) is 9.84. The number of halogens is 1. The molecule has 2 nitrogen and oxygen atoms in total. The highest BCUT2D eigenvalue weighted by Gasteiger charge is 2.59. The van der Waals surface area contributed by atoms with Gasteiger partial charge in [0.15, 0.2) is 0 Å². The molecule has 7 unspecified atom stereocenters. The van der Waals surface area contributed by atoms with E-state index in [-0.39, 0.29) is 11.7 Å². The first kappa shape index (κ1) is 22.1. The van der Waals surface area contributed by atoms with Gasteiger partial charge in [0.25, 0.3) is 0 Å². The third kappa shape index (κ3) is 3.42. The molecule has 0 bridgehead atoms. The lowest BCUT2D eigenvalue weighted by Crippen LogP contribution is -2.52. The Labute approximate surface area is 199 Å². The third-order valence-electron chi connectivity index (χ3n) is 11.7. The number of benzene rings is 1. The summed E-state index contributed by atoms with van der Waals surface area (Å²) in [6, 6.07) is 4.79. The minimum absolute atomic E-state index is 0.203. The summed E-state index contributed by atoms with van der Waals surface area (Å²) in [5, 5.41) is 0. The monoisotopic (exact) mass is 451 g/mol. The third-order valence-corrected chi connectivity index (χ3v) is 11.7. The van der Waals surface area contributed by atoms with Gasteiger partial charge in [-0.1, -0.05) is 26.7 Å². The summed E-state index contributed by atoms with van der Waals surface area (Å²) in [6.07, 6.45) is 17.4. The van der Waals surface area contributed by atoms with Crippen molar-refractivity contribution in [2.24, 2.45) is 40.4 Å². The number of carbonyl (C=O) groups excluding carboxylic acids is 1. The van der Waals surface area contributed by atoms with Crippen molar-refractivity contribution < 1.29 is 9.18 Å². The summed E-state index contributed by atoms with van der Waals surface area (Å²) in [6.45, 7) is 5.89. The van der Waals surface area contributed by atoms with E-state index in [1.807, 2.05) is 4.90 Å². The summed E-state index contributed by atoms with van der Waals surface area (Å²) in [4.78, 5) is 14.6. The number of anilines is 1. The Morgan fingerprint density at radius 3 is 2.70 bits per heavy atom. The van der Waals surface area contributed by atoms with Crippen LogP contribution in [0.2, 0.25) is 0 Å². The van der Waals surface area contributed by atoms with Crippen molar-refractivity contribution in [2.45, 2.75) is 104 Å². The summed E-state index contributed by atoms with van der Waals surface area (Å²) >= 11 is 0. The number of hydrogen-bond acceptors (Lipinski definition) is 1. The Morgan fingerprint density at radius 1 is 1.00 bits per heavy atom. The minimum atomic E-state index is -0.203. The van der Waals surface area contributed by atoms with Gasteiger partial charge >= 0.3 is 0 Å². The number of nitrogens with zero attached hydrogens (tertiary/aromatic N) is 1. The molecule has 4 fully saturated rings. The number of amides is 1. The number of hydrogen-bond donors (Lipinski definition) is 0. The topological polar surface area (TPSA) is 20.3 Å². The van der Waals surface area contributed by atoms with Crippen LogP contribution in [0.5, 0.6) is 0 Å². The Hall–Kier alpha value is -1.38. The average molecular weight is 452 g/mol. The van der Waals surface area contributed by atoms with Crippen LogP contribution in [-0.4, -0.2) is 5.91 Å². The first-order valence-corrected chi connectivity index (χ1v) is 14.0. The zero-order valence-corrected chi connectivity index (χ0v) is 20.8. The second-order valence-corrected chi connectivity index (χ2v) is 12.9.